The predicted octanol–water partition coefficient (Wildman–Crippen LogP) is 6.47. The topological polar surface area (TPSA) is 26.3 Å². The zero-order chi connectivity index (χ0) is 19.1. The van der Waals surface area contributed by atoms with Crippen LogP contribution in [-0.2, 0) is 6.42 Å². The van der Waals surface area contributed by atoms with Gasteiger partial charge < -0.3 is 4.74 Å². The van der Waals surface area contributed by atoms with E-state index in [2.05, 4.69) is 31.7 Å². The Labute approximate surface area is 162 Å². The van der Waals surface area contributed by atoms with Crippen molar-refractivity contribution in [2.24, 2.45) is 11.8 Å². The second kappa shape index (κ2) is 9.36. The Bertz CT molecular complexity index is 776. The van der Waals surface area contributed by atoms with Crippen molar-refractivity contribution >= 4 is 12.0 Å². The lowest BCUT2D eigenvalue weighted by Gasteiger charge is -2.24. The van der Waals surface area contributed by atoms with Crippen LogP contribution in [0.3, 0.4) is 0 Å². The summed E-state index contributed by atoms with van der Waals surface area (Å²) in [5.74, 6) is 1.60. The van der Waals surface area contributed by atoms with Crippen LogP contribution in [-0.4, -0.2) is 5.97 Å². The molecule has 0 unspecified atom stereocenters. The van der Waals surface area contributed by atoms with Crippen LogP contribution in [0.15, 0.2) is 67.3 Å². The highest BCUT2D eigenvalue weighted by molar-refractivity contribution is 5.91. The van der Waals surface area contributed by atoms with Crippen LogP contribution in [0.2, 0.25) is 0 Å². The number of esters is 1. The van der Waals surface area contributed by atoms with E-state index in [9.17, 15) is 4.79 Å². The average Bonchev–Trinajstić information content (AvgIpc) is 2.73. The van der Waals surface area contributed by atoms with Crippen molar-refractivity contribution in [2.75, 3.05) is 0 Å². The fourth-order valence-electron chi connectivity index (χ4n) is 3.51. The molecule has 2 heteroatoms. The van der Waals surface area contributed by atoms with Gasteiger partial charge in [0.1, 0.15) is 5.75 Å². The van der Waals surface area contributed by atoms with Crippen LogP contribution >= 0.6 is 0 Å². The molecular weight excluding hydrogens is 332 g/mol. The molecule has 1 fully saturated rings. The normalized spacial score (nSPS) is 19.7. The van der Waals surface area contributed by atoms with E-state index in [1.165, 1.54) is 31.2 Å². The summed E-state index contributed by atoms with van der Waals surface area (Å²) >= 11 is 0. The van der Waals surface area contributed by atoms with Gasteiger partial charge in [-0.05, 0) is 79.3 Å². The van der Waals surface area contributed by atoms with Gasteiger partial charge in [0, 0.05) is 0 Å². The third kappa shape index (κ3) is 5.43. The van der Waals surface area contributed by atoms with E-state index < -0.39 is 0 Å². The molecule has 0 bridgehead atoms. The number of benzene rings is 2. The quantitative estimate of drug-likeness (QED) is 0.335. The van der Waals surface area contributed by atoms with E-state index in [0.29, 0.717) is 23.1 Å². The first-order chi connectivity index (χ1) is 13.2. The lowest BCUT2D eigenvalue weighted by molar-refractivity contribution is 0.0734. The first kappa shape index (κ1) is 19.2. The first-order valence-corrected chi connectivity index (χ1v) is 9.90. The van der Waals surface area contributed by atoms with Crippen molar-refractivity contribution in [1.29, 1.82) is 0 Å². The van der Waals surface area contributed by atoms with Gasteiger partial charge in [-0.25, -0.2) is 4.79 Å². The molecule has 0 N–H and O–H groups in total. The lowest BCUT2D eigenvalue weighted by atomic mass is 9.82. The lowest BCUT2D eigenvalue weighted by Crippen LogP contribution is -2.10. The van der Waals surface area contributed by atoms with Gasteiger partial charge in [0.15, 0.2) is 0 Å². The Morgan fingerprint density at radius 3 is 2.22 bits per heavy atom. The maximum absolute atomic E-state index is 12.3. The van der Waals surface area contributed by atoms with E-state index in [-0.39, 0.29) is 5.97 Å². The minimum atomic E-state index is -0.322. The van der Waals surface area contributed by atoms with Gasteiger partial charge in [-0.3, -0.25) is 0 Å². The van der Waals surface area contributed by atoms with Crippen LogP contribution in [0.4, 0.5) is 0 Å². The third-order valence-electron chi connectivity index (χ3n) is 5.40. The van der Waals surface area contributed by atoms with Crippen molar-refractivity contribution in [3.8, 4) is 5.75 Å². The zero-order valence-corrected chi connectivity index (χ0v) is 16.1. The van der Waals surface area contributed by atoms with Crippen LogP contribution < -0.4 is 4.74 Å². The minimum absolute atomic E-state index is 0.322. The summed E-state index contributed by atoms with van der Waals surface area (Å²) in [5.41, 5.74) is 2.91. The fourth-order valence-corrected chi connectivity index (χ4v) is 3.51. The Morgan fingerprint density at radius 1 is 1.00 bits per heavy atom. The van der Waals surface area contributed by atoms with Gasteiger partial charge in [0.25, 0.3) is 0 Å². The van der Waals surface area contributed by atoms with E-state index in [0.717, 1.165) is 12.0 Å². The van der Waals surface area contributed by atoms with Gasteiger partial charge in [-0.15, -0.1) is 6.58 Å². The van der Waals surface area contributed by atoms with E-state index in [1.807, 2.05) is 48.5 Å². The number of hydrogen-bond donors (Lipinski definition) is 0. The summed E-state index contributed by atoms with van der Waals surface area (Å²) < 4.78 is 5.45. The van der Waals surface area contributed by atoms with Crippen molar-refractivity contribution in [2.45, 2.75) is 39.0 Å². The summed E-state index contributed by atoms with van der Waals surface area (Å²) in [6, 6.07) is 15.3. The standard InChI is InChI=1S/C25H28O2/c1-3-19-5-7-21(8-6-19)9-10-22-11-15-23(16-12-22)25(26)27-24-17-13-20(4-2)14-18-24/h3,9-19,21H,1,4-8H2,2H3/b10-9+. The van der Waals surface area contributed by atoms with Crippen LogP contribution in [0.25, 0.3) is 6.08 Å². The molecule has 3 rings (SSSR count). The van der Waals surface area contributed by atoms with Gasteiger partial charge in [-0.2, -0.15) is 0 Å². The Balaban J connectivity index is 1.55. The highest BCUT2D eigenvalue weighted by atomic mass is 16.5. The summed E-state index contributed by atoms with van der Waals surface area (Å²) in [5, 5.41) is 0. The number of ether oxygens (including phenoxy) is 1. The average molecular weight is 360 g/mol. The van der Waals surface area contributed by atoms with Gasteiger partial charge in [0.05, 0.1) is 5.56 Å². The smallest absolute Gasteiger partial charge is 0.343 e. The number of aryl methyl sites for hydroxylation is 1. The molecule has 0 aliphatic heterocycles. The maximum Gasteiger partial charge on any atom is 0.343 e. The van der Waals surface area contributed by atoms with Crippen molar-refractivity contribution in [1.82, 2.24) is 0 Å². The van der Waals surface area contributed by atoms with E-state index in [1.54, 1.807) is 0 Å². The van der Waals surface area contributed by atoms with Crippen molar-refractivity contribution < 1.29 is 9.53 Å². The highest BCUT2D eigenvalue weighted by Crippen LogP contribution is 2.30. The van der Waals surface area contributed by atoms with Gasteiger partial charge in [-0.1, -0.05) is 49.4 Å². The largest absolute Gasteiger partial charge is 0.423 e. The number of carbonyl (C=O) groups is 1. The summed E-state index contributed by atoms with van der Waals surface area (Å²) in [6.07, 6.45) is 12.5. The molecule has 1 aliphatic carbocycles. The SMILES string of the molecule is C=CC1CCC(/C=C/c2ccc(C(=O)Oc3ccc(CC)cc3)cc2)CC1. The number of rotatable bonds is 6. The Morgan fingerprint density at radius 2 is 1.63 bits per heavy atom. The van der Waals surface area contributed by atoms with E-state index in [4.69, 9.17) is 4.74 Å². The molecule has 1 aliphatic rings. The second-order valence-electron chi connectivity index (χ2n) is 7.28. The molecule has 2 nitrogen and oxygen atoms in total. The predicted molar refractivity (Wildman–Crippen MR) is 112 cm³/mol. The third-order valence-corrected chi connectivity index (χ3v) is 5.40. The Hall–Kier alpha value is -2.61. The van der Waals surface area contributed by atoms with Crippen molar-refractivity contribution in [3.63, 3.8) is 0 Å². The molecule has 0 amide bonds. The molecule has 0 saturated heterocycles. The van der Waals surface area contributed by atoms with Gasteiger partial charge >= 0.3 is 5.97 Å². The maximum atomic E-state index is 12.3. The van der Waals surface area contributed by atoms with Crippen molar-refractivity contribution in [3.05, 3.63) is 84.0 Å². The number of allylic oxidation sites excluding steroid dienone is 2. The number of hydrogen-bond acceptors (Lipinski definition) is 2. The molecule has 0 radical (unpaired) electrons. The second-order valence-corrected chi connectivity index (χ2v) is 7.28. The first-order valence-electron chi connectivity index (χ1n) is 9.90. The molecule has 0 spiro atoms. The highest BCUT2D eigenvalue weighted by Gasteiger charge is 2.16. The van der Waals surface area contributed by atoms with Crippen LogP contribution in [0, 0.1) is 11.8 Å². The molecular formula is C25H28O2. The summed E-state index contributed by atoms with van der Waals surface area (Å²) in [7, 11) is 0. The summed E-state index contributed by atoms with van der Waals surface area (Å²) in [6.45, 7) is 6.00. The molecule has 27 heavy (non-hydrogen) atoms. The monoisotopic (exact) mass is 360 g/mol. The molecule has 2 aromatic rings. The molecule has 140 valence electrons. The summed E-state index contributed by atoms with van der Waals surface area (Å²) in [4.78, 5) is 12.3. The molecule has 0 atom stereocenters. The van der Waals surface area contributed by atoms with Crippen LogP contribution in [0.1, 0.15) is 54.1 Å². The zero-order valence-electron chi connectivity index (χ0n) is 16.1. The van der Waals surface area contributed by atoms with E-state index >= 15 is 0 Å². The molecule has 0 aromatic heterocycles. The van der Waals surface area contributed by atoms with Gasteiger partial charge in [0.2, 0.25) is 0 Å². The number of carbonyl (C=O) groups excluding carboxylic acids is 1. The molecule has 1 saturated carbocycles. The van der Waals surface area contributed by atoms with Crippen LogP contribution in [0.5, 0.6) is 5.75 Å². The Kier molecular flexibility index (Phi) is 6.64. The molecule has 0 heterocycles. The molecule has 2 aromatic carbocycles. The minimum Gasteiger partial charge on any atom is -0.423 e. The fraction of sp³-hybridized carbons (Fsp3) is 0.320.